The monoisotopic (exact) mass is 1320 g/mol. The molecule has 0 aliphatic heterocycles. The van der Waals surface area contributed by atoms with Gasteiger partial charge >= 0.3 is 0 Å². The van der Waals surface area contributed by atoms with Crippen molar-refractivity contribution in [2.24, 2.45) is 0 Å². The Kier molecular flexibility index (Phi) is 14.3. The van der Waals surface area contributed by atoms with Crippen LogP contribution in [0.3, 0.4) is 0 Å². The minimum atomic E-state index is 0.864. The van der Waals surface area contributed by atoms with Gasteiger partial charge in [-0.2, -0.15) is 0 Å². The van der Waals surface area contributed by atoms with Gasteiger partial charge in [-0.25, -0.2) is 29.9 Å². The van der Waals surface area contributed by atoms with E-state index in [-0.39, 0.29) is 0 Å². The molecule has 0 radical (unpaired) electrons. The highest BCUT2D eigenvalue weighted by molar-refractivity contribution is 6.05. The smallest absolute Gasteiger partial charge is 0.0972 e. The summed E-state index contributed by atoms with van der Waals surface area (Å²) in [4.78, 5) is 48.8. The van der Waals surface area contributed by atoms with Crippen molar-refractivity contribution in [3.63, 3.8) is 0 Å². The molecule has 21 aromatic rings. The number of hydrogen-bond donors (Lipinski definition) is 0. The van der Waals surface area contributed by atoms with Crippen molar-refractivity contribution in [3.05, 3.63) is 340 Å². The van der Waals surface area contributed by atoms with Gasteiger partial charge in [-0.3, -0.25) is 19.9 Å². The second-order valence-electron chi connectivity index (χ2n) is 26.4. The number of benzene rings is 11. The zero-order valence-corrected chi connectivity index (χ0v) is 55.8. The average molecular weight is 1330 g/mol. The Hall–Kier alpha value is -14.2. The van der Waals surface area contributed by atoms with Gasteiger partial charge in [-0.1, -0.05) is 200 Å². The third-order valence-corrected chi connectivity index (χ3v) is 20.0. The number of hydrogen-bond acceptors (Lipinski definition) is 10. The Morgan fingerprint density at radius 3 is 1.08 bits per heavy atom. The van der Waals surface area contributed by atoms with Crippen molar-refractivity contribution in [1.82, 2.24) is 49.8 Å². The summed E-state index contributed by atoms with van der Waals surface area (Å²) in [6.45, 7) is 0. The topological polar surface area (TPSA) is 129 Å². The van der Waals surface area contributed by atoms with Gasteiger partial charge in [0.1, 0.15) is 0 Å². The van der Waals surface area contributed by atoms with E-state index in [1.807, 2.05) is 73.3 Å². The van der Waals surface area contributed by atoms with Crippen molar-refractivity contribution >= 4 is 120 Å². The van der Waals surface area contributed by atoms with Crippen LogP contribution in [0, 0.1) is 0 Å². The highest BCUT2D eigenvalue weighted by Crippen LogP contribution is 2.36. The molecule has 10 nitrogen and oxygen atoms in total. The third-order valence-electron chi connectivity index (χ3n) is 20.0. The predicted octanol–water partition coefficient (Wildman–Crippen LogP) is 23.3. The molecule has 104 heavy (non-hydrogen) atoms. The van der Waals surface area contributed by atoms with E-state index in [2.05, 4.69) is 282 Å². The van der Waals surface area contributed by atoms with E-state index in [9.17, 15) is 0 Å². The van der Waals surface area contributed by atoms with E-state index in [1.165, 1.54) is 0 Å². The molecule has 0 saturated carbocycles. The van der Waals surface area contributed by atoms with Crippen LogP contribution < -0.4 is 0 Å². The zero-order valence-electron chi connectivity index (χ0n) is 55.8. The molecule has 10 heterocycles. The van der Waals surface area contributed by atoms with Crippen LogP contribution in [0.15, 0.2) is 340 Å². The lowest BCUT2D eigenvalue weighted by Gasteiger charge is -2.10. The number of fused-ring (bicyclic) bond motifs is 13. The van der Waals surface area contributed by atoms with Crippen LogP contribution in [-0.2, 0) is 0 Å². The van der Waals surface area contributed by atoms with E-state index in [0.29, 0.717) is 0 Å². The number of aromatic nitrogens is 10. The standard InChI is InChI=1S/C49H29N5.C45H27N5/c1-2-6-42-37(4-1)27-41(29-51-42)46-19-15-30-7-10-36(28-47(30)53-46)35-17-21-43-40(26-35)18-22-44(52-43)38-13-11-34-25-39(14-12-33(34)24-38)45-20-16-32-9-8-31-5-3-23-50-48(31)49(32)54-45;1-2-5-37-27-47-43(26-33(37)4-1)41-22-15-30-11-14-35(25-42(30)49-41)34-17-20-40-36(24-34)18-21-38(48-40)28-7-9-29(10-8-28)39-19-16-32-13-12-31-6-3-23-46-44(31)45(32)50-39/h1-29H;1-27H. The number of rotatable bonds is 8. The van der Waals surface area contributed by atoms with E-state index >= 15 is 0 Å². The molecule has 0 atom stereocenters. The van der Waals surface area contributed by atoms with Crippen molar-refractivity contribution in [3.8, 4) is 89.9 Å². The van der Waals surface area contributed by atoms with E-state index in [1.54, 1.807) is 0 Å². The van der Waals surface area contributed by atoms with Crippen LogP contribution >= 0.6 is 0 Å². The summed E-state index contributed by atoms with van der Waals surface area (Å²) in [5.41, 5.74) is 24.6. The molecule has 0 bridgehead atoms. The minimum Gasteiger partial charge on any atom is -0.256 e. The summed E-state index contributed by atoms with van der Waals surface area (Å²) in [6.07, 6.45) is 7.48. The van der Waals surface area contributed by atoms with E-state index in [4.69, 9.17) is 34.9 Å². The molecular formula is C94H56N10. The Labute approximate surface area is 596 Å². The summed E-state index contributed by atoms with van der Waals surface area (Å²) in [6, 6.07) is 110. The van der Waals surface area contributed by atoms with Crippen LogP contribution in [0.5, 0.6) is 0 Å². The van der Waals surface area contributed by atoms with Crippen LogP contribution in [0.4, 0.5) is 0 Å². The second kappa shape index (κ2) is 24.9. The molecule has 0 aliphatic rings. The van der Waals surface area contributed by atoms with E-state index < -0.39 is 0 Å². The van der Waals surface area contributed by atoms with Gasteiger partial charge < -0.3 is 0 Å². The summed E-state index contributed by atoms with van der Waals surface area (Å²) < 4.78 is 0. The van der Waals surface area contributed by atoms with Gasteiger partial charge in [-0.05, 0) is 154 Å². The lowest BCUT2D eigenvalue weighted by Crippen LogP contribution is -1.90. The number of para-hydroxylation sites is 1. The van der Waals surface area contributed by atoms with Gasteiger partial charge in [0, 0.05) is 106 Å². The first-order chi connectivity index (χ1) is 51.4. The predicted molar refractivity (Wildman–Crippen MR) is 427 cm³/mol. The Morgan fingerprint density at radius 1 is 0.144 bits per heavy atom. The summed E-state index contributed by atoms with van der Waals surface area (Å²) in [5, 5.41) is 14.4. The molecule has 0 unspecified atom stereocenters. The Balaban J connectivity index is 0.000000139. The van der Waals surface area contributed by atoms with Gasteiger partial charge in [0.05, 0.1) is 89.5 Å². The lowest BCUT2D eigenvalue weighted by molar-refractivity contribution is 1.29. The fourth-order valence-electron chi connectivity index (χ4n) is 14.4. The fraction of sp³-hybridized carbons (Fsp3) is 0. The molecule has 0 aliphatic carbocycles. The van der Waals surface area contributed by atoms with Crippen molar-refractivity contribution in [1.29, 1.82) is 0 Å². The molecule has 0 fully saturated rings. The molecule has 0 N–H and O–H groups in total. The van der Waals surface area contributed by atoms with Gasteiger partial charge in [-0.15, -0.1) is 0 Å². The maximum Gasteiger partial charge on any atom is 0.0972 e. The lowest BCUT2D eigenvalue weighted by atomic mass is 9.99. The molecule has 10 aromatic heterocycles. The quantitative estimate of drug-likeness (QED) is 0.136. The molecule has 482 valence electrons. The fourth-order valence-corrected chi connectivity index (χ4v) is 14.4. The van der Waals surface area contributed by atoms with Crippen LogP contribution in [0.1, 0.15) is 0 Å². The van der Waals surface area contributed by atoms with Crippen LogP contribution in [0.2, 0.25) is 0 Å². The number of pyridine rings is 10. The van der Waals surface area contributed by atoms with Gasteiger partial charge in [0.15, 0.2) is 0 Å². The van der Waals surface area contributed by atoms with Crippen LogP contribution in [0.25, 0.3) is 210 Å². The van der Waals surface area contributed by atoms with Crippen molar-refractivity contribution in [2.45, 2.75) is 0 Å². The second-order valence-corrected chi connectivity index (χ2v) is 26.4. The third kappa shape index (κ3) is 11.1. The van der Waals surface area contributed by atoms with E-state index in [0.717, 1.165) is 210 Å². The van der Waals surface area contributed by atoms with Crippen LogP contribution in [-0.4, -0.2) is 49.8 Å². The molecule has 0 amide bonds. The maximum absolute atomic E-state index is 5.09. The summed E-state index contributed by atoms with van der Waals surface area (Å²) in [7, 11) is 0. The molecule has 11 aromatic carbocycles. The minimum absolute atomic E-state index is 0.864. The first kappa shape index (κ1) is 59.8. The van der Waals surface area contributed by atoms with Crippen molar-refractivity contribution < 1.29 is 0 Å². The first-order valence-corrected chi connectivity index (χ1v) is 34.7. The summed E-state index contributed by atoms with van der Waals surface area (Å²) >= 11 is 0. The molecular weight excluding hydrogens is 1270 g/mol. The average Bonchev–Trinajstić information content (AvgIpc) is 0.790. The SMILES string of the molecule is c1ccc2cc(-c3ccc4ccc(-c5ccc6nc(-c7ccc(-c8ccc9ccc%10cccnc%10c9n8)cc7)ccc6c5)cc4n3)ncc2c1.c1ccc2ncc(-c3ccc4ccc(-c5ccc6nc(-c7ccc8cc(-c9ccc%10ccc%11cccnc%11c%10n9)ccc8c7)ccc6c5)cc4n3)cc2c1. The zero-order chi connectivity index (χ0) is 68.6. The Morgan fingerprint density at radius 2 is 0.490 bits per heavy atom. The Bertz CT molecular complexity index is 7080. The first-order valence-electron chi connectivity index (χ1n) is 34.7. The highest BCUT2D eigenvalue weighted by Gasteiger charge is 2.15. The summed E-state index contributed by atoms with van der Waals surface area (Å²) in [5.74, 6) is 0. The maximum atomic E-state index is 5.09. The molecule has 0 spiro atoms. The van der Waals surface area contributed by atoms with Gasteiger partial charge in [0.2, 0.25) is 0 Å². The van der Waals surface area contributed by atoms with Crippen molar-refractivity contribution in [2.75, 3.05) is 0 Å². The highest BCUT2D eigenvalue weighted by atomic mass is 14.8. The largest absolute Gasteiger partial charge is 0.256 e. The normalized spacial score (nSPS) is 11.7. The van der Waals surface area contributed by atoms with Gasteiger partial charge in [0.25, 0.3) is 0 Å². The molecule has 0 saturated heterocycles. The number of nitrogens with zero attached hydrogens (tertiary/aromatic N) is 10. The molecule has 21 rings (SSSR count). The molecule has 10 heteroatoms.